The van der Waals surface area contributed by atoms with E-state index in [2.05, 4.69) is 56.1 Å². The minimum absolute atomic E-state index is 0.493. The average Bonchev–Trinajstić information content (AvgIpc) is 2.32. The third-order valence-electron chi connectivity index (χ3n) is 2.62. The van der Waals surface area contributed by atoms with Crippen LogP contribution in [0.15, 0.2) is 0 Å². The van der Waals surface area contributed by atoms with Gasteiger partial charge in [-0.05, 0) is 12.8 Å². The van der Waals surface area contributed by atoms with Gasteiger partial charge in [-0.2, -0.15) is 26.3 Å². The maximum atomic E-state index is 11.5. The summed E-state index contributed by atoms with van der Waals surface area (Å²) < 4.78 is 111. The molecule has 0 fully saturated rings. The van der Waals surface area contributed by atoms with Crippen LogP contribution in [0.3, 0.4) is 0 Å². The first-order chi connectivity index (χ1) is 12.3. The minimum Gasteiger partial charge on any atom is -0.331 e. The van der Waals surface area contributed by atoms with Crippen molar-refractivity contribution in [2.75, 3.05) is 55.4 Å². The third-order valence-corrected chi connectivity index (χ3v) is 5.59. The SMILES string of the molecule is CCC[N+](C)(C)C.CCC[N+](C)(C)C.O=S(=O)(NS(=O)(=O)C(F)(F)F)C(F)(F)F. The van der Waals surface area contributed by atoms with Crippen LogP contribution in [-0.4, -0.2) is 92.2 Å². The van der Waals surface area contributed by atoms with Crippen molar-refractivity contribution in [3.05, 3.63) is 0 Å². The van der Waals surface area contributed by atoms with E-state index in [0.29, 0.717) is 0 Å². The molecule has 0 aromatic heterocycles. The van der Waals surface area contributed by atoms with Crippen molar-refractivity contribution >= 4 is 20.0 Å². The molecule has 7 nitrogen and oxygen atoms in total. The third kappa shape index (κ3) is 17.9. The predicted octanol–water partition coefficient (Wildman–Crippen LogP) is 2.48. The molecule has 0 radical (unpaired) electrons. The molecule has 0 bridgehead atoms. The fourth-order valence-electron chi connectivity index (χ4n) is 1.58. The fraction of sp³-hybridized carbons (Fsp3) is 1.00. The van der Waals surface area contributed by atoms with Crippen molar-refractivity contribution in [1.29, 1.82) is 0 Å². The van der Waals surface area contributed by atoms with E-state index in [9.17, 15) is 43.2 Å². The smallest absolute Gasteiger partial charge is 0.331 e. The van der Waals surface area contributed by atoms with Crippen LogP contribution < -0.4 is 4.13 Å². The zero-order valence-corrected chi connectivity index (χ0v) is 19.6. The normalized spacial score (nSPS) is 13.7. The number of rotatable bonds is 6. The quantitative estimate of drug-likeness (QED) is 0.463. The highest BCUT2D eigenvalue weighted by Gasteiger charge is 2.55. The topological polar surface area (TPSA) is 80.3 Å². The molecule has 0 saturated heterocycles. The summed E-state index contributed by atoms with van der Waals surface area (Å²) in [5.74, 6) is 0. The standard InChI is InChI=1S/2C6H16N.C2HF6NO4S2/c2*1-5-6-7(2,3)4;3-1(4,5)14(10,11)9-15(12,13)2(6,7)8/h2*5-6H2,1-4H3;9H/q2*+1;. The van der Waals surface area contributed by atoms with Crippen molar-refractivity contribution in [3.63, 3.8) is 0 Å². The molecule has 1 N–H and O–H groups in total. The van der Waals surface area contributed by atoms with Gasteiger partial charge in [-0.3, -0.25) is 0 Å². The molecule has 0 aliphatic carbocycles. The van der Waals surface area contributed by atoms with Crippen molar-refractivity contribution in [3.8, 4) is 0 Å². The van der Waals surface area contributed by atoms with Gasteiger partial charge in [-0.1, -0.05) is 18.0 Å². The summed E-state index contributed by atoms with van der Waals surface area (Å²) >= 11 is 0. The summed E-state index contributed by atoms with van der Waals surface area (Å²) in [6, 6.07) is 0. The maximum absolute atomic E-state index is 11.5. The second-order valence-electron chi connectivity index (χ2n) is 8.01. The van der Waals surface area contributed by atoms with E-state index >= 15 is 0 Å². The molecule has 0 rings (SSSR count). The van der Waals surface area contributed by atoms with Crippen molar-refractivity contribution in [2.24, 2.45) is 0 Å². The monoisotopic (exact) mass is 485 g/mol. The molecule has 29 heavy (non-hydrogen) atoms. The van der Waals surface area contributed by atoms with Crippen LogP contribution in [0.2, 0.25) is 0 Å². The van der Waals surface area contributed by atoms with Crippen LogP contribution in [0.5, 0.6) is 0 Å². The Kier molecular flexibility index (Phi) is 13.3. The van der Waals surface area contributed by atoms with E-state index in [1.54, 1.807) is 0 Å². The molecule has 0 spiro atoms. The summed E-state index contributed by atoms with van der Waals surface area (Å²) in [4.78, 5) is 0. The number of hydrogen-bond acceptors (Lipinski definition) is 4. The van der Waals surface area contributed by atoms with E-state index in [4.69, 9.17) is 0 Å². The average molecular weight is 486 g/mol. The molecular formula is C14H33F6N3O4S2+2. The van der Waals surface area contributed by atoms with Gasteiger partial charge in [0, 0.05) is 0 Å². The van der Waals surface area contributed by atoms with Gasteiger partial charge in [0.05, 0.1) is 55.4 Å². The Morgan fingerprint density at radius 1 is 0.621 bits per heavy atom. The predicted molar refractivity (Wildman–Crippen MR) is 99.5 cm³/mol. The van der Waals surface area contributed by atoms with Crippen LogP contribution in [0, 0.1) is 0 Å². The van der Waals surface area contributed by atoms with Crippen molar-refractivity contribution in [2.45, 2.75) is 37.7 Å². The van der Waals surface area contributed by atoms with Gasteiger partial charge < -0.3 is 8.97 Å². The molecule has 0 aromatic rings. The Bertz CT molecular complexity index is 603. The lowest BCUT2D eigenvalue weighted by Gasteiger charge is -2.22. The van der Waals surface area contributed by atoms with E-state index in [-0.39, 0.29) is 0 Å². The molecule has 0 unspecified atom stereocenters. The lowest BCUT2D eigenvalue weighted by Crippen LogP contribution is -2.45. The highest BCUT2D eigenvalue weighted by molar-refractivity contribution is 8.05. The fourth-order valence-corrected chi connectivity index (χ4v) is 3.49. The summed E-state index contributed by atoms with van der Waals surface area (Å²) in [7, 11) is 0.0778. The van der Waals surface area contributed by atoms with E-state index < -0.39 is 35.2 Å². The first-order valence-corrected chi connectivity index (χ1v) is 11.3. The number of nitrogens with zero attached hydrogens (tertiary/aromatic N) is 2. The van der Waals surface area contributed by atoms with Gasteiger partial charge >= 0.3 is 31.1 Å². The number of quaternary nitrogens is 2. The first kappa shape index (κ1) is 33.0. The highest BCUT2D eigenvalue weighted by atomic mass is 32.3. The van der Waals surface area contributed by atoms with Gasteiger partial charge in [0.1, 0.15) is 0 Å². The van der Waals surface area contributed by atoms with Crippen LogP contribution >= 0.6 is 0 Å². The summed E-state index contributed by atoms with van der Waals surface area (Å²) in [5.41, 5.74) is -12.3. The van der Waals surface area contributed by atoms with Gasteiger partial charge in [-0.25, -0.2) is 16.8 Å². The second kappa shape index (κ2) is 11.7. The molecule has 0 atom stereocenters. The molecular weight excluding hydrogens is 452 g/mol. The molecule has 0 aliphatic heterocycles. The Labute approximate surface area is 169 Å². The van der Waals surface area contributed by atoms with Gasteiger partial charge in [0.25, 0.3) is 0 Å². The van der Waals surface area contributed by atoms with Crippen LogP contribution in [0.4, 0.5) is 26.3 Å². The molecule has 0 aliphatic rings. The van der Waals surface area contributed by atoms with Gasteiger partial charge in [0.2, 0.25) is 0 Å². The lowest BCUT2D eigenvalue weighted by atomic mass is 10.4. The van der Waals surface area contributed by atoms with Gasteiger partial charge in [-0.15, -0.1) is 0 Å². The zero-order valence-electron chi connectivity index (χ0n) is 17.9. The largest absolute Gasteiger partial charge is 0.512 e. The summed E-state index contributed by atoms with van der Waals surface area (Å²) in [5, 5.41) is 0. The highest BCUT2D eigenvalue weighted by Crippen LogP contribution is 2.27. The van der Waals surface area contributed by atoms with Crippen molar-refractivity contribution < 1.29 is 52.1 Å². The van der Waals surface area contributed by atoms with E-state index in [1.165, 1.54) is 25.9 Å². The Morgan fingerprint density at radius 3 is 0.897 bits per heavy atom. The van der Waals surface area contributed by atoms with E-state index in [1.807, 2.05) is 0 Å². The maximum Gasteiger partial charge on any atom is 0.512 e. The van der Waals surface area contributed by atoms with Crippen LogP contribution in [-0.2, 0) is 20.0 Å². The molecule has 0 aromatic carbocycles. The van der Waals surface area contributed by atoms with Crippen LogP contribution in [0.1, 0.15) is 26.7 Å². The summed E-state index contributed by atoms with van der Waals surface area (Å²) in [6.07, 6.45) is 2.56. The number of alkyl halides is 6. The number of sulfonamides is 2. The van der Waals surface area contributed by atoms with E-state index in [0.717, 1.165) is 8.97 Å². The zero-order chi connectivity index (χ0) is 24.5. The minimum atomic E-state index is -6.60. The Balaban J connectivity index is -0.000000402. The summed E-state index contributed by atoms with van der Waals surface area (Å²) in [6.45, 7) is 6.98. The molecule has 15 heteroatoms. The van der Waals surface area contributed by atoms with Crippen LogP contribution in [0.25, 0.3) is 0 Å². The number of halogens is 6. The first-order valence-electron chi connectivity index (χ1n) is 8.35. The number of nitrogens with one attached hydrogen (secondary N) is 1. The molecule has 180 valence electrons. The van der Waals surface area contributed by atoms with Gasteiger partial charge in [0.15, 0.2) is 0 Å². The Hall–Kier alpha value is -0.640. The second-order valence-corrected chi connectivity index (χ2v) is 11.6. The Morgan fingerprint density at radius 2 is 0.828 bits per heavy atom. The molecule has 0 saturated carbocycles. The molecule has 0 amide bonds. The molecule has 0 heterocycles. The van der Waals surface area contributed by atoms with Crippen molar-refractivity contribution in [1.82, 2.24) is 4.13 Å². The number of hydrogen-bond donors (Lipinski definition) is 1. The lowest BCUT2D eigenvalue weighted by molar-refractivity contribution is -0.870.